The number of amides is 2. The first-order valence-corrected chi connectivity index (χ1v) is 15.1. The lowest BCUT2D eigenvalue weighted by molar-refractivity contribution is -0.121. The number of allylic oxidation sites excluding steroid dienone is 2. The zero-order chi connectivity index (χ0) is 29.9. The molecule has 10 nitrogen and oxygen atoms in total. The summed E-state index contributed by atoms with van der Waals surface area (Å²) in [7, 11) is 5.65. The highest BCUT2D eigenvalue weighted by Crippen LogP contribution is 2.25. The van der Waals surface area contributed by atoms with Crippen molar-refractivity contribution >= 4 is 39.7 Å². The van der Waals surface area contributed by atoms with E-state index in [1.807, 2.05) is 63.2 Å². The predicted octanol–water partition coefficient (Wildman–Crippen LogP) is 6.09. The van der Waals surface area contributed by atoms with Crippen LogP contribution in [-0.2, 0) is 25.5 Å². The molecule has 1 unspecified atom stereocenters. The maximum absolute atomic E-state index is 12.3. The second-order valence-corrected chi connectivity index (χ2v) is 11.1. The van der Waals surface area contributed by atoms with Gasteiger partial charge in [0.15, 0.2) is 0 Å². The number of nitrogens with one attached hydrogen (secondary N) is 2. The summed E-state index contributed by atoms with van der Waals surface area (Å²) >= 11 is 1.36. The van der Waals surface area contributed by atoms with Crippen molar-refractivity contribution < 1.29 is 19.1 Å². The van der Waals surface area contributed by atoms with Crippen LogP contribution in [0.5, 0.6) is 0 Å². The number of nitrogens with zero attached hydrogens (tertiary/aromatic N) is 4. The molecule has 0 radical (unpaired) electrons. The van der Waals surface area contributed by atoms with Gasteiger partial charge in [0.05, 0.1) is 24.5 Å². The lowest BCUT2D eigenvalue weighted by Crippen LogP contribution is -2.26. The summed E-state index contributed by atoms with van der Waals surface area (Å²) in [6.07, 6.45) is 9.70. The third kappa shape index (κ3) is 14.8. The van der Waals surface area contributed by atoms with E-state index < -0.39 is 0 Å². The Hall–Kier alpha value is -3.31. The highest BCUT2D eigenvalue weighted by Gasteiger charge is 2.10. The molecule has 0 bridgehead atoms. The van der Waals surface area contributed by atoms with Gasteiger partial charge in [-0.2, -0.15) is 0 Å². The molecule has 11 heteroatoms. The quantitative estimate of drug-likeness (QED) is 0.110. The molecule has 226 valence electrons. The highest BCUT2D eigenvalue weighted by atomic mass is 32.1. The SMILES string of the molecule is CC=C(C)OC(CCCCNC(=O)CCCCCNC(=O)Cc1cnc(N=Nc2ccc(N(C)C)cc2)s1)COC. The molecule has 0 aliphatic carbocycles. The molecule has 2 rings (SSSR count). The van der Waals surface area contributed by atoms with E-state index in [0.717, 1.165) is 60.5 Å². The minimum absolute atomic E-state index is 0.0422. The summed E-state index contributed by atoms with van der Waals surface area (Å²) in [5.41, 5.74) is 1.84. The fraction of sp³-hybridized carbons (Fsp3) is 0.567. The van der Waals surface area contributed by atoms with Crippen molar-refractivity contribution in [2.75, 3.05) is 45.8 Å². The van der Waals surface area contributed by atoms with Gasteiger partial charge in [-0.25, -0.2) is 4.98 Å². The van der Waals surface area contributed by atoms with Crippen LogP contribution in [0.1, 0.15) is 63.7 Å². The second-order valence-electron chi connectivity index (χ2n) is 10.00. The smallest absolute Gasteiger partial charge is 0.230 e. The lowest BCUT2D eigenvalue weighted by atomic mass is 10.1. The third-order valence-electron chi connectivity index (χ3n) is 6.28. The average Bonchev–Trinajstić information content (AvgIpc) is 3.40. The second kappa shape index (κ2) is 19.7. The molecule has 41 heavy (non-hydrogen) atoms. The van der Waals surface area contributed by atoms with Crippen LogP contribution in [0.2, 0.25) is 0 Å². The number of carbonyl (C=O) groups is 2. The summed E-state index contributed by atoms with van der Waals surface area (Å²) in [6, 6.07) is 7.76. The number of benzene rings is 1. The highest BCUT2D eigenvalue weighted by molar-refractivity contribution is 7.15. The molecule has 0 fully saturated rings. The van der Waals surface area contributed by atoms with Crippen LogP contribution in [-0.4, -0.2) is 63.8 Å². The third-order valence-corrected chi connectivity index (χ3v) is 7.16. The minimum Gasteiger partial charge on any atom is -0.493 e. The Morgan fingerprint density at radius 2 is 1.73 bits per heavy atom. The first-order chi connectivity index (χ1) is 19.8. The van der Waals surface area contributed by atoms with Gasteiger partial charge in [0.2, 0.25) is 16.9 Å². The number of aromatic nitrogens is 1. The summed E-state index contributed by atoms with van der Waals surface area (Å²) in [5.74, 6) is 0.927. The van der Waals surface area contributed by atoms with Crippen LogP contribution in [0, 0.1) is 0 Å². The van der Waals surface area contributed by atoms with Gasteiger partial charge in [-0.3, -0.25) is 9.59 Å². The first-order valence-electron chi connectivity index (χ1n) is 14.3. The molecular weight excluding hydrogens is 540 g/mol. The van der Waals surface area contributed by atoms with Crippen molar-refractivity contribution in [3.05, 3.63) is 47.2 Å². The number of hydrogen-bond acceptors (Lipinski definition) is 9. The van der Waals surface area contributed by atoms with Gasteiger partial charge in [0.25, 0.3) is 0 Å². The number of carbonyl (C=O) groups excluding carboxylic acids is 2. The standard InChI is InChI=1S/C30H46N6O4S/c1-6-23(2)40-26(22-39-5)12-9-11-19-31-28(37)13-8-7-10-18-32-29(38)20-27-21-33-30(41-27)35-34-24-14-16-25(17-15-24)36(3)4/h6,14-17,21,26H,7-13,18-20,22H2,1-5H3,(H,31,37)(H,32,38). The summed E-state index contributed by atoms with van der Waals surface area (Å²) in [4.78, 5) is 31.5. The Bertz CT molecular complexity index is 1100. The van der Waals surface area contributed by atoms with E-state index in [-0.39, 0.29) is 24.3 Å². The Morgan fingerprint density at radius 3 is 2.41 bits per heavy atom. The van der Waals surface area contributed by atoms with E-state index in [1.165, 1.54) is 11.3 Å². The van der Waals surface area contributed by atoms with E-state index in [1.54, 1.807) is 13.3 Å². The lowest BCUT2D eigenvalue weighted by Gasteiger charge is -2.18. The van der Waals surface area contributed by atoms with Crippen molar-refractivity contribution in [2.24, 2.45) is 10.2 Å². The fourth-order valence-corrected chi connectivity index (χ4v) is 4.62. The van der Waals surface area contributed by atoms with Crippen molar-refractivity contribution in [3.8, 4) is 0 Å². The number of unbranched alkanes of at least 4 members (excludes halogenated alkanes) is 3. The van der Waals surface area contributed by atoms with Crippen LogP contribution in [0.15, 0.2) is 52.5 Å². The van der Waals surface area contributed by atoms with Crippen molar-refractivity contribution in [3.63, 3.8) is 0 Å². The topological polar surface area (TPSA) is 118 Å². The molecule has 1 aromatic carbocycles. The zero-order valence-electron chi connectivity index (χ0n) is 25.1. The van der Waals surface area contributed by atoms with Gasteiger partial charge in [-0.05, 0) is 76.3 Å². The van der Waals surface area contributed by atoms with Gasteiger partial charge >= 0.3 is 0 Å². The number of thiazole rings is 1. The van der Waals surface area contributed by atoms with Gasteiger partial charge in [-0.1, -0.05) is 17.8 Å². The van der Waals surface area contributed by atoms with E-state index in [2.05, 4.69) is 25.8 Å². The van der Waals surface area contributed by atoms with Gasteiger partial charge in [0.1, 0.15) is 6.10 Å². The molecule has 1 atom stereocenters. The maximum atomic E-state index is 12.3. The number of anilines is 1. The molecule has 1 aromatic heterocycles. The Morgan fingerprint density at radius 1 is 1.02 bits per heavy atom. The number of hydrogen-bond donors (Lipinski definition) is 2. The fourth-order valence-electron chi connectivity index (χ4n) is 3.89. The largest absolute Gasteiger partial charge is 0.493 e. The number of methoxy groups -OCH3 is 1. The summed E-state index contributed by atoms with van der Waals surface area (Å²) in [5, 5.41) is 14.9. The Kier molecular flexibility index (Phi) is 16.3. The molecule has 0 saturated carbocycles. The Balaban J connectivity index is 1.52. The van der Waals surface area contributed by atoms with Crippen LogP contribution in [0.3, 0.4) is 0 Å². The predicted molar refractivity (Wildman–Crippen MR) is 165 cm³/mol. The minimum atomic E-state index is -0.0480. The molecular formula is C30H46N6O4S. The number of rotatable bonds is 20. The van der Waals surface area contributed by atoms with Crippen LogP contribution >= 0.6 is 11.3 Å². The van der Waals surface area contributed by atoms with Crippen LogP contribution < -0.4 is 15.5 Å². The molecule has 1 heterocycles. The summed E-state index contributed by atoms with van der Waals surface area (Å²) < 4.78 is 11.1. The first kappa shape index (κ1) is 33.9. The van der Waals surface area contributed by atoms with E-state index in [4.69, 9.17) is 9.47 Å². The molecule has 2 aromatic rings. The van der Waals surface area contributed by atoms with E-state index in [0.29, 0.717) is 31.2 Å². The molecule has 0 aliphatic heterocycles. The Labute approximate surface area is 248 Å². The molecule has 0 saturated heterocycles. The van der Waals surface area contributed by atoms with E-state index >= 15 is 0 Å². The van der Waals surface area contributed by atoms with Gasteiger partial charge < -0.3 is 25.0 Å². The van der Waals surface area contributed by atoms with Crippen molar-refractivity contribution in [1.29, 1.82) is 0 Å². The maximum Gasteiger partial charge on any atom is 0.230 e. The van der Waals surface area contributed by atoms with Crippen molar-refractivity contribution in [1.82, 2.24) is 15.6 Å². The van der Waals surface area contributed by atoms with Gasteiger partial charge in [-0.15, -0.1) is 10.2 Å². The zero-order valence-corrected chi connectivity index (χ0v) is 26.0. The normalized spacial score (nSPS) is 12.4. The van der Waals surface area contributed by atoms with Crippen molar-refractivity contribution in [2.45, 2.75) is 71.3 Å². The number of azo groups is 1. The van der Waals surface area contributed by atoms with Crippen LogP contribution in [0.4, 0.5) is 16.5 Å². The van der Waals surface area contributed by atoms with E-state index in [9.17, 15) is 9.59 Å². The van der Waals surface area contributed by atoms with Crippen LogP contribution in [0.25, 0.3) is 0 Å². The monoisotopic (exact) mass is 586 g/mol. The van der Waals surface area contributed by atoms with Gasteiger partial charge in [0, 0.05) is 57.5 Å². The number of ether oxygens (including phenoxy) is 2. The molecule has 2 amide bonds. The molecule has 2 N–H and O–H groups in total. The molecule has 0 spiro atoms. The molecule has 0 aliphatic rings. The average molecular weight is 587 g/mol. The summed E-state index contributed by atoms with van der Waals surface area (Å²) in [6.45, 7) is 5.71.